The first-order chi connectivity index (χ1) is 9.51. The van der Waals surface area contributed by atoms with Crippen molar-refractivity contribution >= 4 is 17.3 Å². The summed E-state index contributed by atoms with van der Waals surface area (Å²) >= 11 is 6.03. The quantitative estimate of drug-likeness (QED) is 0.680. The first-order valence-corrected chi connectivity index (χ1v) is 6.29. The molecule has 0 heterocycles. The normalized spacial score (nSPS) is 9.70. The van der Waals surface area contributed by atoms with Gasteiger partial charge in [0.1, 0.15) is 12.1 Å². The summed E-state index contributed by atoms with van der Waals surface area (Å²) in [5, 5.41) is 21.6. The molecule has 0 spiro atoms. The molecule has 0 saturated heterocycles. The van der Waals surface area contributed by atoms with Crippen molar-refractivity contribution in [2.45, 2.75) is 6.92 Å². The molecule has 0 unspecified atom stereocenters. The van der Waals surface area contributed by atoms with Gasteiger partial charge in [0, 0.05) is 31.0 Å². The lowest BCUT2D eigenvalue weighted by Crippen LogP contribution is -2.11. The molecule has 1 aromatic carbocycles. The molecular weight excluding hydrogens is 272 g/mol. The highest BCUT2D eigenvalue weighted by Gasteiger charge is 2.05. The first-order valence-electron chi connectivity index (χ1n) is 5.91. The number of rotatable bonds is 4. The van der Waals surface area contributed by atoms with Gasteiger partial charge in [-0.15, -0.1) is 0 Å². The Labute approximate surface area is 124 Å². The van der Waals surface area contributed by atoms with Gasteiger partial charge in [-0.25, -0.2) is 0 Å². The topological polar surface area (TPSA) is 62.9 Å². The number of nitriles is 2. The third-order valence-electron chi connectivity index (χ3n) is 2.71. The number of likely N-dealkylation sites (N-methyl/N-ethyl adjacent to an activating group) is 1. The lowest BCUT2D eigenvalue weighted by molar-refractivity contribution is 0.527. The molecule has 102 valence electrons. The Morgan fingerprint density at radius 3 is 2.50 bits per heavy atom. The Hall–Kier alpha value is -2.43. The van der Waals surface area contributed by atoms with E-state index in [1.165, 1.54) is 0 Å². The van der Waals surface area contributed by atoms with E-state index in [0.717, 1.165) is 11.3 Å². The van der Waals surface area contributed by atoms with E-state index < -0.39 is 0 Å². The zero-order valence-electron chi connectivity index (χ0n) is 11.6. The van der Waals surface area contributed by atoms with Crippen LogP contribution < -0.4 is 5.32 Å². The molecule has 5 heteroatoms. The van der Waals surface area contributed by atoms with E-state index in [9.17, 15) is 0 Å². The van der Waals surface area contributed by atoms with Crippen LogP contribution in [0.1, 0.15) is 5.56 Å². The molecule has 1 rings (SSSR count). The minimum Gasteiger partial charge on any atom is -0.376 e. The van der Waals surface area contributed by atoms with Gasteiger partial charge in [-0.1, -0.05) is 17.7 Å². The van der Waals surface area contributed by atoms with Crippen LogP contribution in [0.2, 0.25) is 5.02 Å². The van der Waals surface area contributed by atoms with E-state index in [2.05, 4.69) is 5.32 Å². The van der Waals surface area contributed by atoms with E-state index in [1.807, 2.05) is 37.3 Å². The molecule has 0 aliphatic carbocycles. The van der Waals surface area contributed by atoms with E-state index in [1.54, 1.807) is 31.3 Å². The SMILES string of the molecule is Cc1c(Cl)cccc1N/C=C/C(=C(C#N)C#N)N(C)C. The predicted octanol–water partition coefficient (Wildman–Crippen LogP) is 3.44. The summed E-state index contributed by atoms with van der Waals surface area (Å²) in [6.45, 7) is 1.91. The smallest absolute Gasteiger partial charge is 0.152 e. The maximum atomic E-state index is 8.91. The fourth-order valence-corrected chi connectivity index (χ4v) is 1.74. The highest BCUT2D eigenvalue weighted by Crippen LogP contribution is 2.23. The lowest BCUT2D eigenvalue weighted by Gasteiger charge is -2.13. The van der Waals surface area contributed by atoms with Crippen LogP contribution in [-0.4, -0.2) is 19.0 Å². The van der Waals surface area contributed by atoms with E-state index >= 15 is 0 Å². The van der Waals surface area contributed by atoms with Crippen molar-refractivity contribution in [3.05, 3.63) is 52.3 Å². The second-order valence-electron chi connectivity index (χ2n) is 4.27. The molecule has 1 N–H and O–H groups in total. The summed E-state index contributed by atoms with van der Waals surface area (Å²) in [7, 11) is 3.55. The Morgan fingerprint density at radius 1 is 1.30 bits per heavy atom. The predicted molar refractivity (Wildman–Crippen MR) is 80.9 cm³/mol. The molecule has 0 radical (unpaired) electrons. The van der Waals surface area contributed by atoms with Crippen LogP contribution in [0, 0.1) is 29.6 Å². The summed E-state index contributed by atoms with van der Waals surface area (Å²) in [6, 6.07) is 9.33. The average molecular weight is 287 g/mol. The number of nitrogens with zero attached hydrogens (tertiary/aromatic N) is 3. The van der Waals surface area contributed by atoms with Crippen LogP contribution in [0.25, 0.3) is 0 Å². The summed E-state index contributed by atoms with van der Waals surface area (Å²) < 4.78 is 0. The van der Waals surface area contributed by atoms with Gasteiger partial charge in [0.2, 0.25) is 0 Å². The molecule has 0 fully saturated rings. The monoisotopic (exact) mass is 286 g/mol. The number of allylic oxidation sites excluding steroid dienone is 2. The maximum Gasteiger partial charge on any atom is 0.152 e. The molecule has 1 aromatic rings. The Bertz CT molecular complexity index is 614. The molecule has 0 saturated carbocycles. The molecule has 0 bridgehead atoms. The number of hydrogen-bond donors (Lipinski definition) is 1. The van der Waals surface area contributed by atoms with Crippen molar-refractivity contribution in [1.82, 2.24) is 4.90 Å². The Kier molecular flexibility index (Phi) is 5.65. The van der Waals surface area contributed by atoms with Gasteiger partial charge in [-0.2, -0.15) is 10.5 Å². The van der Waals surface area contributed by atoms with E-state index in [0.29, 0.717) is 10.7 Å². The van der Waals surface area contributed by atoms with Crippen LogP contribution in [0.3, 0.4) is 0 Å². The van der Waals surface area contributed by atoms with Gasteiger partial charge in [-0.3, -0.25) is 0 Å². The van der Waals surface area contributed by atoms with Crippen LogP contribution >= 0.6 is 11.6 Å². The fourth-order valence-electron chi connectivity index (χ4n) is 1.57. The van der Waals surface area contributed by atoms with Crippen LogP contribution in [0.15, 0.2) is 41.7 Å². The molecule has 4 nitrogen and oxygen atoms in total. The Morgan fingerprint density at radius 2 is 1.95 bits per heavy atom. The lowest BCUT2D eigenvalue weighted by atomic mass is 10.2. The third-order valence-corrected chi connectivity index (χ3v) is 3.12. The fraction of sp³-hybridized carbons (Fsp3) is 0.200. The van der Waals surface area contributed by atoms with Gasteiger partial charge in [-0.05, 0) is 30.7 Å². The van der Waals surface area contributed by atoms with Crippen LogP contribution in [0.4, 0.5) is 5.69 Å². The summed E-state index contributed by atoms with van der Waals surface area (Å²) in [5.41, 5.74) is 2.43. The second-order valence-corrected chi connectivity index (χ2v) is 4.68. The molecule has 0 aromatic heterocycles. The van der Waals surface area contributed by atoms with Crippen molar-refractivity contribution in [2.75, 3.05) is 19.4 Å². The highest BCUT2D eigenvalue weighted by atomic mass is 35.5. The minimum absolute atomic E-state index is 0.0656. The summed E-state index contributed by atoms with van der Waals surface area (Å²) in [6.07, 6.45) is 3.37. The number of hydrogen-bond acceptors (Lipinski definition) is 4. The van der Waals surface area contributed by atoms with Gasteiger partial charge in [0.25, 0.3) is 0 Å². The van der Waals surface area contributed by atoms with Gasteiger partial charge in [0.05, 0.1) is 5.70 Å². The zero-order valence-corrected chi connectivity index (χ0v) is 12.4. The van der Waals surface area contributed by atoms with Crippen LogP contribution in [0.5, 0.6) is 0 Å². The van der Waals surface area contributed by atoms with Gasteiger partial charge < -0.3 is 10.2 Å². The Balaban J connectivity index is 2.98. The number of nitrogens with one attached hydrogen (secondary N) is 1. The van der Waals surface area contributed by atoms with Crippen molar-refractivity contribution in [3.8, 4) is 12.1 Å². The van der Waals surface area contributed by atoms with Crippen molar-refractivity contribution in [2.24, 2.45) is 0 Å². The molecule has 0 aliphatic rings. The van der Waals surface area contributed by atoms with Crippen molar-refractivity contribution in [3.63, 3.8) is 0 Å². The third kappa shape index (κ3) is 3.78. The molecule has 0 aliphatic heterocycles. The first kappa shape index (κ1) is 15.6. The maximum absolute atomic E-state index is 8.91. The van der Waals surface area contributed by atoms with E-state index in [-0.39, 0.29) is 5.57 Å². The minimum atomic E-state index is 0.0656. The highest BCUT2D eigenvalue weighted by molar-refractivity contribution is 6.31. The molecule has 0 atom stereocenters. The number of anilines is 1. The van der Waals surface area contributed by atoms with Crippen LogP contribution in [-0.2, 0) is 0 Å². The second kappa shape index (κ2) is 7.23. The number of halogens is 1. The average Bonchev–Trinajstić information content (AvgIpc) is 2.42. The van der Waals surface area contributed by atoms with Gasteiger partial charge in [0.15, 0.2) is 5.57 Å². The molecule has 0 amide bonds. The molecular formula is C15H15ClN4. The summed E-state index contributed by atoms with van der Waals surface area (Å²) in [5.74, 6) is 0. The largest absolute Gasteiger partial charge is 0.376 e. The van der Waals surface area contributed by atoms with E-state index in [4.69, 9.17) is 22.1 Å². The standard InChI is InChI=1S/C15H15ClN4/c1-11-13(16)5-4-6-14(11)19-8-7-15(20(2)3)12(9-17)10-18/h4-8,19H,1-3H3/b8-7+. The van der Waals surface area contributed by atoms with Crippen molar-refractivity contribution in [1.29, 1.82) is 10.5 Å². The summed E-state index contributed by atoms with van der Waals surface area (Å²) in [4.78, 5) is 1.71. The molecule has 20 heavy (non-hydrogen) atoms. The van der Waals surface area contributed by atoms with Crippen molar-refractivity contribution < 1.29 is 0 Å². The van der Waals surface area contributed by atoms with Gasteiger partial charge >= 0.3 is 0 Å². The zero-order chi connectivity index (χ0) is 15.1. The number of benzene rings is 1.